The molecule has 0 saturated heterocycles. The first-order valence-electron chi connectivity index (χ1n) is 11.0. The highest BCUT2D eigenvalue weighted by atomic mass is 19.2. The number of imidazole rings is 1. The number of unbranched alkanes of at least 4 members (excludes halogenated alkanes) is 1. The van der Waals surface area contributed by atoms with Crippen molar-refractivity contribution in [1.82, 2.24) is 20.1 Å². The summed E-state index contributed by atoms with van der Waals surface area (Å²) < 4.78 is 33.3. The summed E-state index contributed by atoms with van der Waals surface area (Å²) in [6.07, 6.45) is 5.06. The van der Waals surface area contributed by atoms with Crippen LogP contribution in [0.1, 0.15) is 42.4 Å². The first kappa shape index (κ1) is 21.1. The van der Waals surface area contributed by atoms with Gasteiger partial charge in [-0.25, -0.2) is 13.8 Å². The van der Waals surface area contributed by atoms with E-state index >= 15 is 0 Å². The molecule has 168 valence electrons. The van der Waals surface area contributed by atoms with Gasteiger partial charge < -0.3 is 9.51 Å². The molecule has 1 N–H and O–H groups in total. The molecule has 33 heavy (non-hydrogen) atoms. The van der Waals surface area contributed by atoms with Crippen LogP contribution in [0.4, 0.5) is 8.78 Å². The number of nitrogens with zero attached hydrogens (tertiary/aromatic N) is 4. The summed E-state index contributed by atoms with van der Waals surface area (Å²) in [7, 11) is 0. The Morgan fingerprint density at radius 3 is 2.79 bits per heavy atom. The Bertz CT molecular complexity index is 1290. The van der Waals surface area contributed by atoms with Gasteiger partial charge in [-0.3, -0.25) is 5.01 Å². The second-order valence-corrected chi connectivity index (χ2v) is 8.10. The van der Waals surface area contributed by atoms with E-state index in [1.54, 1.807) is 11.2 Å². The maximum atomic E-state index is 14.1. The van der Waals surface area contributed by atoms with E-state index in [1.165, 1.54) is 30.5 Å². The number of halogens is 2. The van der Waals surface area contributed by atoms with E-state index in [2.05, 4.69) is 51.4 Å². The van der Waals surface area contributed by atoms with E-state index in [0.717, 1.165) is 23.7 Å². The minimum atomic E-state index is -0.925. The Kier molecular flexibility index (Phi) is 5.73. The molecule has 6 nitrogen and oxygen atoms in total. The second kappa shape index (κ2) is 8.97. The predicted octanol–water partition coefficient (Wildman–Crippen LogP) is 5.70. The van der Waals surface area contributed by atoms with Crippen molar-refractivity contribution in [1.29, 1.82) is 0 Å². The van der Waals surface area contributed by atoms with Crippen LogP contribution in [0.15, 0.2) is 58.2 Å². The van der Waals surface area contributed by atoms with Gasteiger partial charge in [0.2, 0.25) is 0 Å². The number of hydrazone groups is 1. The molecule has 0 saturated carbocycles. The average Bonchev–Trinajstić information content (AvgIpc) is 3.47. The monoisotopic (exact) mass is 447 g/mol. The number of aryl methyl sites for hydroxylation is 1. The molecule has 8 heteroatoms. The first-order chi connectivity index (χ1) is 16.1. The van der Waals surface area contributed by atoms with Crippen LogP contribution < -0.4 is 0 Å². The lowest BCUT2D eigenvalue weighted by atomic mass is 10.1. The fourth-order valence-corrected chi connectivity index (χ4v) is 3.84. The SMILES string of the molecule is CCCCc1ccc(-c2cc(CN3Cc4nc(-c5cccc(F)c5F)[nH]c4C=N3)no2)cc1. The van der Waals surface area contributed by atoms with Crippen molar-refractivity contribution in [2.24, 2.45) is 5.10 Å². The minimum absolute atomic E-state index is 0.0891. The number of rotatable bonds is 7. The highest BCUT2D eigenvalue weighted by molar-refractivity contribution is 5.80. The van der Waals surface area contributed by atoms with Gasteiger partial charge in [-0.1, -0.05) is 48.8 Å². The molecule has 2 aromatic heterocycles. The molecule has 0 atom stereocenters. The van der Waals surface area contributed by atoms with Crippen molar-refractivity contribution >= 4 is 6.21 Å². The summed E-state index contributed by atoms with van der Waals surface area (Å²) >= 11 is 0. The molecule has 2 aromatic carbocycles. The van der Waals surface area contributed by atoms with Crippen LogP contribution in [0.25, 0.3) is 22.7 Å². The molecule has 0 unspecified atom stereocenters. The summed E-state index contributed by atoms with van der Waals surface area (Å²) in [4.78, 5) is 7.48. The van der Waals surface area contributed by atoms with Crippen molar-refractivity contribution in [3.63, 3.8) is 0 Å². The molecule has 0 radical (unpaired) electrons. The minimum Gasteiger partial charge on any atom is -0.356 e. The fourth-order valence-electron chi connectivity index (χ4n) is 3.84. The molecule has 4 aromatic rings. The number of H-pyrrole nitrogens is 1. The quantitative estimate of drug-likeness (QED) is 0.394. The zero-order chi connectivity index (χ0) is 22.8. The Hall–Kier alpha value is -3.81. The summed E-state index contributed by atoms with van der Waals surface area (Å²) in [5.41, 5.74) is 4.51. The van der Waals surface area contributed by atoms with E-state index in [4.69, 9.17) is 4.52 Å². The van der Waals surface area contributed by atoms with Crippen molar-refractivity contribution in [3.05, 3.63) is 82.8 Å². The smallest absolute Gasteiger partial charge is 0.169 e. The van der Waals surface area contributed by atoms with Crippen LogP contribution in [0.2, 0.25) is 0 Å². The predicted molar refractivity (Wildman–Crippen MR) is 121 cm³/mol. The third kappa shape index (κ3) is 4.41. The van der Waals surface area contributed by atoms with Gasteiger partial charge in [0.25, 0.3) is 0 Å². The molecular weight excluding hydrogens is 424 g/mol. The van der Waals surface area contributed by atoms with E-state index in [0.29, 0.717) is 30.2 Å². The number of benzene rings is 2. The fraction of sp³-hybridized carbons (Fsp3) is 0.240. The summed E-state index contributed by atoms with van der Waals surface area (Å²) in [6, 6.07) is 14.3. The zero-order valence-electron chi connectivity index (χ0n) is 18.2. The van der Waals surface area contributed by atoms with Gasteiger partial charge in [-0.2, -0.15) is 5.10 Å². The van der Waals surface area contributed by atoms with Gasteiger partial charge in [0.1, 0.15) is 11.5 Å². The second-order valence-electron chi connectivity index (χ2n) is 8.10. The lowest BCUT2D eigenvalue weighted by Crippen LogP contribution is -2.21. The number of hydrogen-bond acceptors (Lipinski definition) is 5. The van der Waals surface area contributed by atoms with Crippen molar-refractivity contribution < 1.29 is 13.3 Å². The summed E-state index contributed by atoms with van der Waals surface area (Å²) in [6.45, 7) is 3.03. The van der Waals surface area contributed by atoms with Crippen LogP contribution >= 0.6 is 0 Å². The topological polar surface area (TPSA) is 70.3 Å². The van der Waals surface area contributed by atoms with Crippen molar-refractivity contribution in [3.8, 4) is 22.7 Å². The van der Waals surface area contributed by atoms with E-state index < -0.39 is 11.6 Å². The maximum Gasteiger partial charge on any atom is 0.169 e. The Labute approximate surface area is 190 Å². The highest BCUT2D eigenvalue weighted by Crippen LogP contribution is 2.26. The number of aromatic nitrogens is 3. The number of fused-ring (bicyclic) bond motifs is 1. The summed E-state index contributed by atoms with van der Waals surface area (Å²) in [5.74, 6) is -0.853. The molecular formula is C25H23F2N5O. The lowest BCUT2D eigenvalue weighted by Gasteiger charge is -2.19. The summed E-state index contributed by atoms with van der Waals surface area (Å²) in [5, 5.41) is 10.4. The standard InChI is InChI=1S/C25H23F2N5O/c1-2-3-5-16-8-10-17(11-9-16)23-12-18(31-33-23)14-32-15-22-21(13-28-32)29-25(30-22)19-6-4-7-20(26)24(19)27/h4,6-13H,2-3,5,14-15H2,1H3,(H,29,30). The van der Waals surface area contributed by atoms with Gasteiger partial charge >= 0.3 is 0 Å². The van der Waals surface area contributed by atoms with Gasteiger partial charge in [0.15, 0.2) is 17.4 Å². The highest BCUT2D eigenvalue weighted by Gasteiger charge is 2.21. The van der Waals surface area contributed by atoms with E-state index in [-0.39, 0.29) is 11.4 Å². The van der Waals surface area contributed by atoms with Crippen LogP contribution in [0.3, 0.4) is 0 Å². The molecule has 0 aliphatic carbocycles. The van der Waals surface area contributed by atoms with E-state index in [1.807, 2.05) is 6.07 Å². The van der Waals surface area contributed by atoms with Gasteiger partial charge in [0, 0.05) is 11.6 Å². The normalized spacial score (nSPS) is 12.9. The van der Waals surface area contributed by atoms with Crippen LogP contribution in [-0.4, -0.2) is 26.3 Å². The van der Waals surface area contributed by atoms with Gasteiger partial charge in [-0.15, -0.1) is 0 Å². The van der Waals surface area contributed by atoms with Crippen molar-refractivity contribution in [2.75, 3.05) is 0 Å². The largest absolute Gasteiger partial charge is 0.356 e. The number of nitrogens with one attached hydrogen (secondary N) is 1. The lowest BCUT2D eigenvalue weighted by molar-refractivity contribution is 0.255. The zero-order valence-corrected chi connectivity index (χ0v) is 18.2. The average molecular weight is 447 g/mol. The Balaban J connectivity index is 1.27. The molecule has 3 heterocycles. The molecule has 0 bridgehead atoms. The molecule has 5 rings (SSSR count). The van der Waals surface area contributed by atoms with Gasteiger partial charge in [-0.05, 0) is 30.5 Å². The van der Waals surface area contributed by atoms with Crippen molar-refractivity contribution in [2.45, 2.75) is 39.3 Å². The number of hydrogen-bond donors (Lipinski definition) is 1. The molecule has 0 fully saturated rings. The molecule has 1 aliphatic rings. The molecule has 0 amide bonds. The molecule has 1 aliphatic heterocycles. The third-order valence-corrected chi connectivity index (χ3v) is 5.66. The molecule has 0 spiro atoms. The Morgan fingerprint density at radius 1 is 1.12 bits per heavy atom. The Morgan fingerprint density at radius 2 is 1.97 bits per heavy atom. The first-order valence-corrected chi connectivity index (χ1v) is 11.0. The van der Waals surface area contributed by atoms with Crippen LogP contribution in [0.5, 0.6) is 0 Å². The van der Waals surface area contributed by atoms with Crippen LogP contribution in [-0.2, 0) is 19.5 Å². The van der Waals surface area contributed by atoms with Gasteiger partial charge in [0.05, 0.1) is 36.3 Å². The van der Waals surface area contributed by atoms with E-state index in [9.17, 15) is 8.78 Å². The maximum absolute atomic E-state index is 14.1. The van der Waals surface area contributed by atoms with Crippen LogP contribution in [0, 0.1) is 11.6 Å². The third-order valence-electron chi connectivity index (χ3n) is 5.66. The number of aromatic amines is 1.